The first kappa shape index (κ1) is 23.0. The van der Waals surface area contributed by atoms with Crippen LogP contribution in [0.15, 0.2) is 29.2 Å². The smallest absolute Gasteiger partial charge is 0.294 e. The summed E-state index contributed by atoms with van der Waals surface area (Å²) < 4.78 is 55.7. The van der Waals surface area contributed by atoms with Crippen LogP contribution in [-0.2, 0) is 20.2 Å². The third-order valence-corrected chi connectivity index (χ3v) is 5.46. The summed E-state index contributed by atoms with van der Waals surface area (Å²) in [5.74, 6) is 0. The molecule has 3 rings (SSSR count). The van der Waals surface area contributed by atoms with Crippen molar-refractivity contribution in [1.82, 2.24) is 4.90 Å². The summed E-state index contributed by atoms with van der Waals surface area (Å²) in [4.78, 5) is 2.41. The summed E-state index contributed by atoms with van der Waals surface area (Å²) in [6.07, 6.45) is 5.33. The van der Waals surface area contributed by atoms with Crippen LogP contribution in [-0.4, -0.2) is 67.4 Å². The van der Waals surface area contributed by atoms with E-state index >= 15 is 0 Å². The lowest BCUT2D eigenvalue weighted by atomic mass is 10.0. The molecule has 8 nitrogen and oxygen atoms in total. The maximum atomic E-state index is 10.6. The summed E-state index contributed by atoms with van der Waals surface area (Å²) in [6.45, 7) is 1.63. The van der Waals surface area contributed by atoms with Gasteiger partial charge in [-0.1, -0.05) is 18.2 Å². The maximum absolute atomic E-state index is 10.6. The maximum Gasteiger partial charge on any atom is 0.294 e. The molecule has 0 amide bonds. The van der Waals surface area contributed by atoms with Crippen molar-refractivity contribution in [3.8, 4) is 0 Å². The van der Waals surface area contributed by atoms with Crippen LogP contribution >= 0.6 is 0 Å². The van der Waals surface area contributed by atoms with Crippen LogP contribution in [0, 0.1) is 6.92 Å². The van der Waals surface area contributed by atoms with E-state index in [1.807, 2.05) is 0 Å². The molecule has 10 heteroatoms. The van der Waals surface area contributed by atoms with E-state index in [1.165, 1.54) is 18.9 Å². The second-order valence-corrected chi connectivity index (χ2v) is 9.51. The number of piperidine rings is 1. The first-order valence-corrected chi connectivity index (χ1v) is 11.4. The van der Waals surface area contributed by atoms with Gasteiger partial charge in [-0.25, -0.2) is 0 Å². The zero-order valence-electron chi connectivity index (χ0n) is 15.1. The van der Waals surface area contributed by atoms with Gasteiger partial charge in [0.1, 0.15) is 0 Å². The second kappa shape index (κ2) is 9.25. The molecule has 2 aliphatic heterocycles. The Balaban J connectivity index is 0.000000209. The normalized spacial score (nSPS) is 25.5. The highest BCUT2D eigenvalue weighted by Crippen LogP contribution is 2.33. The summed E-state index contributed by atoms with van der Waals surface area (Å²) in [5.41, 5.74) is 0.551. The Hall–Kier alpha value is -1.04. The van der Waals surface area contributed by atoms with Crippen molar-refractivity contribution in [1.29, 1.82) is 0 Å². The molecule has 2 heterocycles. The molecule has 2 saturated heterocycles. The first-order chi connectivity index (χ1) is 11.8. The molecule has 26 heavy (non-hydrogen) atoms. The molecule has 2 fully saturated rings. The van der Waals surface area contributed by atoms with Crippen molar-refractivity contribution < 1.29 is 31.0 Å². The number of aliphatic hydroxyl groups excluding tert-OH is 1. The van der Waals surface area contributed by atoms with Crippen LogP contribution in [0.5, 0.6) is 0 Å². The number of rotatable bonds is 1. The van der Waals surface area contributed by atoms with E-state index in [0.29, 0.717) is 23.9 Å². The summed E-state index contributed by atoms with van der Waals surface area (Å²) >= 11 is 0. The van der Waals surface area contributed by atoms with Crippen LogP contribution in [0.4, 0.5) is 0 Å². The molecule has 0 aliphatic carbocycles. The molecular formula is C16H27NO7S2. The number of nitrogens with zero attached hydrogens (tertiary/aromatic N) is 1. The van der Waals surface area contributed by atoms with Crippen LogP contribution in [0.1, 0.15) is 31.2 Å². The number of hydrogen-bond donors (Lipinski definition) is 3. The highest BCUT2D eigenvalue weighted by Gasteiger charge is 2.37. The Bertz CT molecular complexity index is 771. The van der Waals surface area contributed by atoms with Gasteiger partial charge in [0.25, 0.3) is 20.2 Å². The largest absolute Gasteiger partial charge is 0.393 e. The lowest BCUT2D eigenvalue weighted by molar-refractivity contribution is 0.0503. The Morgan fingerprint density at radius 2 is 1.42 bits per heavy atom. The lowest BCUT2D eigenvalue weighted by Crippen LogP contribution is -2.41. The Labute approximate surface area is 155 Å². The molecule has 0 aromatic heterocycles. The molecule has 0 saturated carbocycles. The van der Waals surface area contributed by atoms with Crippen molar-refractivity contribution in [2.75, 3.05) is 13.3 Å². The molecule has 3 N–H and O–H groups in total. The molecule has 2 bridgehead atoms. The molecule has 150 valence electrons. The number of aliphatic hydroxyl groups is 1. The van der Waals surface area contributed by atoms with Gasteiger partial charge in [-0.15, -0.1) is 0 Å². The van der Waals surface area contributed by atoms with Gasteiger partial charge in [-0.05, 0) is 51.3 Å². The molecule has 3 atom stereocenters. The average Bonchev–Trinajstić information content (AvgIpc) is 2.68. The fourth-order valence-electron chi connectivity index (χ4n) is 3.23. The molecule has 2 aliphatic rings. The predicted octanol–water partition coefficient (Wildman–Crippen LogP) is 1.35. The molecular weight excluding hydrogens is 382 g/mol. The Morgan fingerprint density at radius 3 is 1.77 bits per heavy atom. The van der Waals surface area contributed by atoms with Crippen molar-refractivity contribution in [3.05, 3.63) is 29.8 Å². The van der Waals surface area contributed by atoms with Gasteiger partial charge in [-0.3, -0.25) is 9.11 Å². The molecule has 1 aromatic carbocycles. The van der Waals surface area contributed by atoms with Crippen molar-refractivity contribution in [2.45, 2.75) is 55.7 Å². The highest BCUT2D eigenvalue weighted by atomic mass is 32.2. The number of fused-ring (bicyclic) bond motifs is 2. The van der Waals surface area contributed by atoms with Crippen LogP contribution in [0.25, 0.3) is 0 Å². The number of benzene rings is 1. The van der Waals surface area contributed by atoms with E-state index in [4.69, 9.17) is 9.11 Å². The van der Waals surface area contributed by atoms with Crippen LogP contribution in [0.3, 0.4) is 0 Å². The summed E-state index contributed by atoms with van der Waals surface area (Å²) in [7, 11) is -5.51. The predicted molar refractivity (Wildman–Crippen MR) is 98.3 cm³/mol. The average molecular weight is 410 g/mol. The molecule has 0 spiro atoms. The summed E-state index contributed by atoms with van der Waals surface area (Å²) in [6, 6.07) is 7.65. The first-order valence-electron chi connectivity index (χ1n) is 8.14. The fraction of sp³-hybridized carbons (Fsp3) is 0.625. The molecule has 0 radical (unpaired) electrons. The van der Waals surface area contributed by atoms with Gasteiger partial charge in [0.15, 0.2) is 0 Å². The Morgan fingerprint density at radius 1 is 1.00 bits per heavy atom. The fourth-order valence-corrected chi connectivity index (χ4v) is 3.95. The number of aryl methyl sites for hydroxylation is 1. The van der Waals surface area contributed by atoms with Crippen molar-refractivity contribution in [3.63, 3.8) is 0 Å². The summed E-state index contributed by atoms with van der Waals surface area (Å²) in [5, 5.41) is 9.38. The minimum absolute atomic E-state index is 0.00583. The van der Waals surface area contributed by atoms with Gasteiger partial charge in [0, 0.05) is 12.1 Å². The monoisotopic (exact) mass is 409 g/mol. The van der Waals surface area contributed by atoms with E-state index < -0.39 is 20.2 Å². The number of hydrogen-bond acceptors (Lipinski definition) is 6. The van der Waals surface area contributed by atoms with Crippen molar-refractivity contribution in [2.24, 2.45) is 0 Å². The zero-order chi connectivity index (χ0) is 20.1. The lowest BCUT2D eigenvalue weighted by Gasteiger charge is -2.33. The van der Waals surface area contributed by atoms with Crippen LogP contribution < -0.4 is 0 Å². The van der Waals surface area contributed by atoms with E-state index in [9.17, 15) is 21.9 Å². The third kappa shape index (κ3) is 8.11. The molecule has 0 unspecified atom stereocenters. The van der Waals surface area contributed by atoms with Crippen molar-refractivity contribution >= 4 is 20.2 Å². The van der Waals surface area contributed by atoms with E-state index in [2.05, 4.69) is 11.9 Å². The van der Waals surface area contributed by atoms with E-state index in [0.717, 1.165) is 12.8 Å². The van der Waals surface area contributed by atoms with Crippen LogP contribution in [0.2, 0.25) is 0 Å². The van der Waals surface area contributed by atoms with Gasteiger partial charge in [0.2, 0.25) is 0 Å². The quantitative estimate of drug-likeness (QED) is 0.592. The van der Waals surface area contributed by atoms with Gasteiger partial charge >= 0.3 is 0 Å². The van der Waals surface area contributed by atoms with E-state index in [-0.39, 0.29) is 11.0 Å². The minimum Gasteiger partial charge on any atom is -0.393 e. The highest BCUT2D eigenvalue weighted by molar-refractivity contribution is 7.86. The van der Waals surface area contributed by atoms with Gasteiger partial charge < -0.3 is 10.0 Å². The topological polar surface area (TPSA) is 132 Å². The standard InChI is InChI=1S/C8H15NO.C7H8O3S.CH4O3S/c1-9-6-2-3-7(9)5-8(10)4-6;1-6-4-2-3-5-7(6)11(8,9)10;1-5(2,3)4/h6-8,10H,2-5H2,1H3;2-5H,1H3,(H,8,9,10);1H3,(H,2,3,4)/t6-,7+,8+;;. The van der Waals surface area contributed by atoms with Gasteiger partial charge in [-0.2, -0.15) is 16.8 Å². The third-order valence-electron chi connectivity index (χ3n) is 4.44. The molecule has 1 aromatic rings. The minimum atomic E-state index is -4.03. The zero-order valence-corrected chi connectivity index (χ0v) is 16.7. The van der Waals surface area contributed by atoms with E-state index in [1.54, 1.807) is 25.1 Å². The Kier molecular flexibility index (Phi) is 8.18. The second-order valence-electron chi connectivity index (χ2n) is 6.65. The van der Waals surface area contributed by atoms with Gasteiger partial charge in [0.05, 0.1) is 17.3 Å². The SMILES string of the molecule is CN1[C@@H]2CC[C@H]1C[C@@H](O)C2.CS(=O)(=O)O.Cc1ccccc1S(=O)(=O)O.